The Kier molecular flexibility index (Phi) is 5.36. The lowest BCUT2D eigenvalue weighted by molar-refractivity contribution is -0.137. The second-order valence-corrected chi connectivity index (χ2v) is 6.76. The Morgan fingerprint density at radius 2 is 2.04 bits per heavy atom. The van der Waals surface area contributed by atoms with Gasteiger partial charge >= 0.3 is 12.2 Å². The standard InChI is InChI=1S/C17H16BrF3N4O/c18-13-3-1-2-4-14(13)24-16(26)23-12-6-8-25(10-12)15-9-11(5-7-22-15)17(19,20)21/h1-5,7,9,12H,6,8,10H2,(H2,23,24,26)/t12-/m1/s1. The van der Waals surface area contributed by atoms with Crippen LogP contribution in [0.2, 0.25) is 0 Å². The minimum Gasteiger partial charge on any atom is -0.354 e. The third-order valence-corrected chi connectivity index (χ3v) is 4.73. The monoisotopic (exact) mass is 428 g/mol. The van der Waals surface area contributed by atoms with E-state index in [-0.39, 0.29) is 17.9 Å². The molecular weight excluding hydrogens is 413 g/mol. The van der Waals surface area contributed by atoms with E-state index in [2.05, 4.69) is 31.5 Å². The maximum Gasteiger partial charge on any atom is 0.416 e. The molecule has 5 nitrogen and oxygen atoms in total. The number of halogens is 4. The summed E-state index contributed by atoms with van der Waals surface area (Å²) in [5.41, 5.74) is -0.0926. The smallest absolute Gasteiger partial charge is 0.354 e. The van der Waals surface area contributed by atoms with Gasteiger partial charge < -0.3 is 15.5 Å². The molecule has 0 spiro atoms. The number of aromatic nitrogens is 1. The van der Waals surface area contributed by atoms with E-state index in [1.165, 1.54) is 0 Å². The molecule has 1 atom stereocenters. The van der Waals surface area contributed by atoms with Crippen molar-refractivity contribution in [2.45, 2.75) is 18.6 Å². The number of anilines is 2. The third kappa shape index (κ3) is 4.46. The van der Waals surface area contributed by atoms with Crippen molar-refractivity contribution in [1.82, 2.24) is 10.3 Å². The molecule has 0 unspecified atom stereocenters. The highest BCUT2D eigenvalue weighted by Crippen LogP contribution is 2.31. The minimum atomic E-state index is -4.40. The summed E-state index contributed by atoms with van der Waals surface area (Å²) < 4.78 is 39.2. The molecule has 1 aliphatic heterocycles. The van der Waals surface area contributed by atoms with Crippen molar-refractivity contribution in [2.75, 3.05) is 23.3 Å². The lowest BCUT2D eigenvalue weighted by Crippen LogP contribution is -2.39. The number of carbonyl (C=O) groups is 1. The highest BCUT2D eigenvalue weighted by molar-refractivity contribution is 9.10. The van der Waals surface area contributed by atoms with Crippen molar-refractivity contribution in [3.05, 3.63) is 52.6 Å². The average Bonchev–Trinajstić information content (AvgIpc) is 3.05. The molecule has 1 aromatic heterocycles. The van der Waals surface area contributed by atoms with Crippen LogP contribution >= 0.6 is 15.9 Å². The Balaban J connectivity index is 1.59. The molecule has 1 fully saturated rings. The van der Waals surface area contributed by atoms with Gasteiger partial charge in [-0.2, -0.15) is 13.2 Å². The van der Waals surface area contributed by atoms with Gasteiger partial charge in [0.15, 0.2) is 0 Å². The Hall–Kier alpha value is -2.29. The van der Waals surface area contributed by atoms with Gasteiger partial charge in [0.1, 0.15) is 5.82 Å². The van der Waals surface area contributed by atoms with Gasteiger partial charge in [-0.3, -0.25) is 0 Å². The van der Waals surface area contributed by atoms with E-state index in [1.54, 1.807) is 17.0 Å². The Morgan fingerprint density at radius 3 is 2.77 bits per heavy atom. The maximum atomic E-state index is 12.8. The number of amides is 2. The van der Waals surface area contributed by atoms with E-state index in [4.69, 9.17) is 0 Å². The number of nitrogens with zero attached hydrogens (tertiary/aromatic N) is 2. The van der Waals surface area contributed by atoms with Gasteiger partial charge in [0.25, 0.3) is 0 Å². The quantitative estimate of drug-likeness (QED) is 0.767. The van der Waals surface area contributed by atoms with Crippen LogP contribution in [0.1, 0.15) is 12.0 Å². The van der Waals surface area contributed by atoms with Gasteiger partial charge in [0, 0.05) is 29.8 Å². The fourth-order valence-electron chi connectivity index (χ4n) is 2.76. The van der Waals surface area contributed by atoms with Gasteiger partial charge in [-0.25, -0.2) is 9.78 Å². The molecule has 138 valence electrons. The lowest BCUT2D eigenvalue weighted by atomic mass is 10.2. The largest absolute Gasteiger partial charge is 0.416 e. The van der Waals surface area contributed by atoms with Crippen molar-refractivity contribution in [2.24, 2.45) is 0 Å². The predicted octanol–water partition coefficient (Wildman–Crippen LogP) is 4.26. The molecule has 0 saturated carbocycles. The predicted molar refractivity (Wildman–Crippen MR) is 96.2 cm³/mol. The molecule has 0 bridgehead atoms. The fourth-order valence-corrected chi connectivity index (χ4v) is 3.14. The first-order chi connectivity index (χ1) is 12.3. The zero-order chi connectivity index (χ0) is 18.7. The number of alkyl halides is 3. The van der Waals surface area contributed by atoms with Gasteiger partial charge in [-0.1, -0.05) is 12.1 Å². The SMILES string of the molecule is O=C(Nc1ccccc1Br)N[C@@H]1CCN(c2cc(C(F)(F)F)ccn2)C1. The van der Waals surface area contributed by atoms with Crippen molar-refractivity contribution in [3.8, 4) is 0 Å². The van der Waals surface area contributed by atoms with E-state index >= 15 is 0 Å². The Bertz CT molecular complexity index is 800. The summed E-state index contributed by atoms with van der Waals surface area (Å²) in [5.74, 6) is 0.260. The van der Waals surface area contributed by atoms with E-state index in [1.807, 2.05) is 12.1 Å². The molecular formula is C17H16BrF3N4O. The molecule has 1 aromatic carbocycles. The average molecular weight is 429 g/mol. The fraction of sp³-hybridized carbons (Fsp3) is 0.294. The van der Waals surface area contributed by atoms with Crippen molar-refractivity contribution in [3.63, 3.8) is 0 Å². The number of nitrogens with one attached hydrogen (secondary N) is 2. The number of pyridine rings is 1. The zero-order valence-electron chi connectivity index (χ0n) is 13.6. The summed E-state index contributed by atoms with van der Waals surface area (Å²) in [7, 11) is 0. The number of carbonyl (C=O) groups excluding carboxylic acids is 1. The summed E-state index contributed by atoms with van der Waals surface area (Å²) in [6.45, 7) is 0.923. The normalized spacial score (nSPS) is 17.2. The summed E-state index contributed by atoms with van der Waals surface area (Å²) in [5, 5.41) is 5.58. The molecule has 0 radical (unpaired) electrons. The van der Waals surface area contributed by atoms with Crippen LogP contribution in [0.15, 0.2) is 47.1 Å². The van der Waals surface area contributed by atoms with Crippen molar-refractivity contribution < 1.29 is 18.0 Å². The van der Waals surface area contributed by atoms with E-state index in [9.17, 15) is 18.0 Å². The summed E-state index contributed by atoms with van der Waals surface area (Å²) >= 11 is 3.35. The second-order valence-electron chi connectivity index (χ2n) is 5.91. The van der Waals surface area contributed by atoms with Crippen LogP contribution < -0.4 is 15.5 Å². The Morgan fingerprint density at radius 1 is 1.27 bits per heavy atom. The number of rotatable bonds is 3. The van der Waals surface area contributed by atoms with Crippen LogP contribution in [0.25, 0.3) is 0 Å². The van der Waals surface area contributed by atoms with Gasteiger partial charge in [0.05, 0.1) is 11.3 Å². The molecule has 3 rings (SSSR count). The van der Waals surface area contributed by atoms with Gasteiger partial charge in [-0.05, 0) is 46.6 Å². The molecule has 2 N–H and O–H groups in total. The van der Waals surface area contributed by atoms with Gasteiger partial charge in [0.2, 0.25) is 0 Å². The first-order valence-corrected chi connectivity index (χ1v) is 8.72. The highest BCUT2D eigenvalue weighted by atomic mass is 79.9. The third-order valence-electron chi connectivity index (χ3n) is 4.04. The van der Waals surface area contributed by atoms with Crippen molar-refractivity contribution >= 4 is 33.5 Å². The number of hydrogen-bond donors (Lipinski definition) is 2. The summed E-state index contributed by atoms with van der Waals surface area (Å²) in [6, 6.07) is 8.66. The van der Waals surface area contributed by atoms with E-state index < -0.39 is 11.7 Å². The minimum absolute atomic E-state index is 0.172. The summed E-state index contributed by atoms with van der Waals surface area (Å²) in [6.07, 6.45) is -2.63. The molecule has 2 aromatic rings. The van der Waals surface area contributed by atoms with Gasteiger partial charge in [-0.15, -0.1) is 0 Å². The molecule has 1 aliphatic rings. The molecule has 0 aliphatic carbocycles. The van der Waals surface area contributed by atoms with Crippen LogP contribution in [-0.2, 0) is 6.18 Å². The molecule has 2 amide bonds. The zero-order valence-corrected chi connectivity index (χ0v) is 15.1. The second kappa shape index (κ2) is 7.53. The van der Waals surface area contributed by atoms with E-state index in [0.717, 1.165) is 22.8 Å². The first-order valence-electron chi connectivity index (χ1n) is 7.93. The highest BCUT2D eigenvalue weighted by Gasteiger charge is 2.32. The maximum absolute atomic E-state index is 12.8. The molecule has 9 heteroatoms. The molecule has 1 saturated heterocycles. The van der Waals surface area contributed by atoms with Crippen LogP contribution in [0.3, 0.4) is 0 Å². The van der Waals surface area contributed by atoms with E-state index in [0.29, 0.717) is 25.2 Å². The number of urea groups is 1. The number of benzene rings is 1. The molecule has 26 heavy (non-hydrogen) atoms. The first kappa shape index (κ1) is 18.5. The summed E-state index contributed by atoms with van der Waals surface area (Å²) in [4.78, 5) is 17.9. The van der Waals surface area contributed by atoms with Crippen LogP contribution in [0, 0.1) is 0 Å². The number of hydrogen-bond acceptors (Lipinski definition) is 3. The molecule has 2 heterocycles. The topological polar surface area (TPSA) is 57.3 Å². The lowest BCUT2D eigenvalue weighted by Gasteiger charge is -2.19. The number of para-hydroxylation sites is 1. The Labute approximate surface area is 156 Å². The van der Waals surface area contributed by atoms with Crippen molar-refractivity contribution in [1.29, 1.82) is 0 Å². The van der Waals surface area contributed by atoms with Crippen LogP contribution in [0.4, 0.5) is 29.5 Å². The van der Waals surface area contributed by atoms with Crippen LogP contribution in [0.5, 0.6) is 0 Å². The van der Waals surface area contributed by atoms with Crippen LogP contribution in [-0.4, -0.2) is 30.1 Å².